The van der Waals surface area contributed by atoms with Gasteiger partial charge >= 0.3 is 0 Å². The molecule has 2 amide bonds. The Morgan fingerprint density at radius 1 is 1.11 bits per heavy atom. The molecule has 1 fully saturated rings. The molecule has 2 aromatic rings. The van der Waals surface area contributed by atoms with E-state index >= 15 is 0 Å². The minimum absolute atomic E-state index is 0.0140. The number of hydrogen-bond acceptors (Lipinski definition) is 5. The number of carbonyl (C=O) groups is 2. The lowest BCUT2D eigenvalue weighted by Crippen LogP contribution is -2.37. The zero-order chi connectivity index (χ0) is 26.3. The molecular formula is C25H29F2N3O5S. The van der Waals surface area contributed by atoms with Crippen LogP contribution in [0.1, 0.15) is 31.7 Å². The van der Waals surface area contributed by atoms with E-state index in [0.717, 1.165) is 31.4 Å². The first-order chi connectivity index (χ1) is 17.2. The molecule has 0 unspecified atom stereocenters. The van der Waals surface area contributed by atoms with Crippen molar-refractivity contribution in [2.45, 2.75) is 31.1 Å². The van der Waals surface area contributed by atoms with Crippen molar-refractivity contribution < 1.29 is 31.5 Å². The van der Waals surface area contributed by atoms with Gasteiger partial charge in [0.2, 0.25) is 21.8 Å². The minimum Gasteiger partial charge on any atom is -0.495 e. The molecule has 0 aliphatic carbocycles. The molecule has 0 radical (unpaired) electrons. The fourth-order valence-corrected chi connectivity index (χ4v) is 5.54. The van der Waals surface area contributed by atoms with Crippen LogP contribution in [0.5, 0.6) is 5.75 Å². The van der Waals surface area contributed by atoms with Gasteiger partial charge in [0.05, 0.1) is 7.11 Å². The van der Waals surface area contributed by atoms with Gasteiger partial charge in [-0.1, -0.05) is 18.6 Å². The Morgan fingerprint density at radius 2 is 1.78 bits per heavy atom. The monoisotopic (exact) mass is 521 g/mol. The summed E-state index contributed by atoms with van der Waals surface area (Å²) in [6, 6.07) is 7.78. The smallest absolute Gasteiger partial charge is 0.247 e. The summed E-state index contributed by atoms with van der Waals surface area (Å²) in [7, 11) is -2.38. The minimum atomic E-state index is -3.77. The van der Waals surface area contributed by atoms with Crippen LogP contribution in [-0.4, -0.2) is 62.7 Å². The summed E-state index contributed by atoms with van der Waals surface area (Å²) in [5.41, 5.74) is -0.129. The lowest BCUT2D eigenvalue weighted by Gasteiger charge is -2.26. The third-order valence-electron chi connectivity index (χ3n) is 5.79. The summed E-state index contributed by atoms with van der Waals surface area (Å²) in [6.45, 7) is 2.26. The third-order valence-corrected chi connectivity index (χ3v) is 7.71. The largest absolute Gasteiger partial charge is 0.495 e. The molecule has 8 nitrogen and oxygen atoms in total. The summed E-state index contributed by atoms with van der Waals surface area (Å²) in [5.74, 6) is -2.93. The number of hydrogen-bond donors (Lipinski definition) is 1. The predicted molar refractivity (Wildman–Crippen MR) is 132 cm³/mol. The van der Waals surface area contributed by atoms with Crippen molar-refractivity contribution in [3.63, 3.8) is 0 Å². The van der Waals surface area contributed by atoms with Crippen molar-refractivity contribution in [1.82, 2.24) is 9.21 Å². The number of nitrogens with one attached hydrogen (secondary N) is 1. The van der Waals surface area contributed by atoms with Crippen molar-refractivity contribution in [3.8, 4) is 5.75 Å². The number of carbonyl (C=O) groups excluding carboxylic acids is 2. The van der Waals surface area contributed by atoms with Crippen LogP contribution in [0, 0.1) is 11.6 Å². The van der Waals surface area contributed by atoms with Crippen LogP contribution in [0.15, 0.2) is 47.4 Å². The number of benzene rings is 2. The van der Waals surface area contributed by atoms with E-state index in [1.54, 1.807) is 13.0 Å². The number of anilines is 1. The number of likely N-dealkylation sites (N-methyl/N-ethyl adjacent to an activating group) is 1. The molecule has 0 spiro atoms. The topological polar surface area (TPSA) is 96.0 Å². The third kappa shape index (κ3) is 6.46. The van der Waals surface area contributed by atoms with Crippen molar-refractivity contribution in [2.24, 2.45) is 0 Å². The second-order valence-corrected chi connectivity index (χ2v) is 10.1. The molecule has 0 aromatic heterocycles. The number of methoxy groups -OCH3 is 1. The number of halogens is 2. The number of para-hydroxylation sites is 1. The van der Waals surface area contributed by atoms with Gasteiger partial charge in [-0.25, -0.2) is 17.2 Å². The van der Waals surface area contributed by atoms with Gasteiger partial charge in [0.15, 0.2) is 0 Å². The van der Waals surface area contributed by atoms with E-state index in [-0.39, 0.29) is 17.2 Å². The van der Waals surface area contributed by atoms with E-state index in [2.05, 4.69) is 5.32 Å². The molecule has 0 saturated carbocycles. The van der Waals surface area contributed by atoms with E-state index in [9.17, 15) is 26.8 Å². The van der Waals surface area contributed by atoms with Gasteiger partial charge in [-0.15, -0.1) is 0 Å². The molecular weight excluding hydrogens is 492 g/mol. The highest BCUT2D eigenvalue weighted by atomic mass is 32.2. The molecule has 2 aromatic carbocycles. The van der Waals surface area contributed by atoms with Crippen LogP contribution in [0.2, 0.25) is 0 Å². The van der Waals surface area contributed by atoms with E-state index in [1.165, 1.54) is 46.7 Å². The molecule has 194 valence electrons. The van der Waals surface area contributed by atoms with E-state index in [0.29, 0.717) is 18.7 Å². The summed E-state index contributed by atoms with van der Waals surface area (Å²) < 4.78 is 60.6. The summed E-state index contributed by atoms with van der Waals surface area (Å²) in [5, 5.41) is 2.15. The molecule has 1 aliphatic heterocycles. The van der Waals surface area contributed by atoms with Gasteiger partial charge in [0, 0.05) is 25.7 Å². The molecule has 1 saturated heterocycles. The Bertz CT molecular complexity index is 1220. The first kappa shape index (κ1) is 27.3. The highest BCUT2D eigenvalue weighted by Crippen LogP contribution is 2.30. The lowest BCUT2D eigenvalue weighted by atomic mass is 10.2. The highest BCUT2D eigenvalue weighted by molar-refractivity contribution is 7.89. The Balaban J connectivity index is 1.74. The Morgan fingerprint density at radius 3 is 2.39 bits per heavy atom. The number of piperidine rings is 1. The number of rotatable bonds is 9. The summed E-state index contributed by atoms with van der Waals surface area (Å²) in [6.07, 6.45) is 5.21. The second kappa shape index (κ2) is 12.1. The van der Waals surface area contributed by atoms with Crippen molar-refractivity contribution >= 4 is 33.6 Å². The molecule has 1 heterocycles. The SMILES string of the molecule is CCN(CC(=O)Nc1c(F)cccc1F)C(=O)C=Cc1ccc(OC)c(S(=O)(=O)N2CCCCC2)c1. The maximum absolute atomic E-state index is 13.8. The Kier molecular flexibility index (Phi) is 9.16. The van der Waals surface area contributed by atoms with E-state index in [1.807, 2.05) is 0 Å². The van der Waals surface area contributed by atoms with Crippen molar-refractivity contribution in [1.29, 1.82) is 0 Å². The molecule has 3 rings (SSSR count). The fraction of sp³-hybridized carbons (Fsp3) is 0.360. The zero-order valence-electron chi connectivity index (χ0n) is 20.2. The van der Waals surface area contributed by atoms with Crippen LogP contribution >= 0.6 is 0 Å². The quantitative estimate of drug-likeness (QED) is 0.509. The average Bonchev–Trinajstić information content (AvgIpc) is 2.88. The molecule has 1 aliphatic rings. The molecule has 0 atom stereocenters. The standard InChI is InChI=1S/C25H29F2N3O5S/c1-3-29(17-23(31)28-25-19(26)8-7-9-20(25)27)24(32)13-11-18-10-12-21(35-2)22(16-18)36(33,34)30-14-5-4-6-15-30/h7-13,16H,3-6,14-15,17H2,1-2H3,(H,28,31). The molecule has 0 bridgehead atoms. The number of amides is 2. The molecule has 36 heavy (non-hydrogen) atoms. The van der Waals surface area contributed by atoms with Gasteiger partial charge in [-0.05, 0) is 55.7 Å². The number of ether oxygens (including phenoxy) is 1. The summed E-state index contributed by atoms with van der Waals surface area (Å²) in [4.78, 5) is 26.2. The Hall–Kier alpha value is -3.31. The zero-order valence-corrected chi connectivity index (χ0v) is 21.0. The molecule has 11 heteroatoms. The maximum Gasteiger partial charge on any atom is 0.247 e. The fourth-order valence-electron chi connectivity index (χ4n) is 3.83. The normalized spacial score (nSPS) is 14.6. The number of sulfonamides is 1. The van der Waals surface area contributed by atoms with Crippen LogP contribution < -0.4 is 10.1 Å². The maximum atomic E-state index is 13.8. The van der Waals surface area contributed by atoms with Crippen LogP contribution in [0.4, 0.5) is 14.5 Å². The van der Waals surface area contributed by atoms with Gasteiger partial charge in [0.1, 0.15) is 34.5 Å². The van der Waals surface area contributed by atoms with Crippen molar-refractivity contribution in [2.75, 3.05) is 38.6 Å². The molecule has 1 N–H and O–H groups in total. The van der Waals surface area contributed by atoms with Gasteiger partial charge in [-0.2, -0.15) is 4.31 Å². The number of nitrogens with zero attached hydrogens (tertiary/aromatic N) is 2. The highest BCUT2D eigenvalue weighted by Gasteiger charge is 2.29. The summed E-state index contributed by atoms with van der Waals surface area (Å²) >= 11 is 0. The van der Waals surface area contributed by atoms with Crippen molar-refractivity contribution in [3.05, 3.63) is 59.7 Å². The van der Waals surface area contributed by atoms with E-state index in [4.69, 9.17) is 4.74 Å². The van der Waals surface area contributed by atoms with Gasteiger partial charge in [-0.3, -0.25) is 9.59 Å². The van der Waals surface area contributed by atoms with Gasteiger partial charge < -0.3 is 15.0 Å². The second-order valence-electron chi connectivity index (χ2n) is 8.21. The van der Waals surface area contributed by atoms with E-state index < -0.39 is 45.7 Å². The van der Waals surface area contributed by atoms with Gasteiger partial charge in [0.25, 0.3) is 0 Å². The van der Waals surface area contributed by atoms with Crippen LogP contribution in [-0.2, 0) is 19.6 Å². The van der Waals surface area contributed by atoms with Crippen LogP contribution in [0.3, 0.4) is 0 Å². The predicted octanol–water partition coefficient (Wildman–Crippen LogP) is 3.65. The average molecular weight is 522 g/mol. The first-order valence-corrected chi connectivity index (χ1v) is 13.0. The van der Waals surface area contributed by atoms with Crippen LogP contribution in [0.25, 0.3) is 6.08 Å². The Labute approximate surface area is 209 Å². The lowest BCUT2D eigenvalue weighted by molar-refractivity contribution is -0.130. The first-order valence-electron chi connectivity index (χ1n) is 11.6.